The number of hydrogen-bond acceptors (Lipinski definition) is 4. The molecule has 2 fully saturated rings. The summed E-state index contributed by atoms with van der Waals surface area (Å²) < 4.78 is 5.66. The number of carbonyl (C=O) groups is 1. The molecule has 4 atom stereocenters. The molecule has 0 aromatic heterocycles. The molecule has 1 aromatic carbocycles. The second-order valence-corrected chi connectivity index (χ2v) is 8.57. The summed E-state index contributed by atoms with van der Waals surface area (Å²) in [6.45, 7) is 9.29. The predicted molar refractivity (Wildman–Crippen MR) is 102 cm³/mol. The zero-order chi connectivity index (χ0) is 18.9. The fourth-order valence-corrected chi connectivity index (χ4v) is 4.39. The lowest BCUT2D eigenvalue weighted by atomic mass is 9.95. The van der Waals surface area contributed by atoms with Crippen molar-refractivity contribution in [1.29, 1.82) is 0 Å². The summed E-state index contributed by atoms with van der Waals surface area (Å²) in [6.07, 6.45) is 1.89. The molecule has 1 unspecified atom stereocenters. The molecule has 144 valence electrons. The number of likely N-dealkylation sites (tertiary alicyclic amines) is 1. The van der Waals surface area contributed by atoms with Crippen LogP contribution in [0.5, 0.6) is 0 Å². The molecule has 3 rings (SSSR count). The van der Waals surface area contributed by atoms with Gasteiger partial charge in [-0.2, -0.15) is 0 Å². The molecule has 5 nitrogen and oxygen atoms in total. The van der Waals surface area contributed by atoms with Gasteiger partial charge in [0.25, 0.3) is 0 Å². The standard InChI is InChI=1S/C21H32N2O3/c1-5-18(24)19-17-12-11-16(23(17)20(25)26-21(2,3)4)14-22(19)13-15-9-7-6-8-10-15/h6-10,16-19,24H,5,11-14H2,1-4H3/t16?,17-,18-,19-/m0/s1. The fraction of sp³-hybridized carbons (Fsp3) is 0.667. The van der Waals surface area contributed by atoms with Crippen molar-refractivity contribution in [2.24, 2.45) is 0 Å². The molecule has 2 aliphatic rings. The quantitative estimate of drug-likeness (QED) is 0.894. The van der Waals surface area contributed by atoms with Crippen molar-refractivity contribution in [3.8, 4) is 0 Å². The van der Waals surface area contributed by atoms with E-state index in [1.165, 1.54) is 5.56 Å². The Hall–Kier alpha value is -1.59. The van der Waals surface area contributed by atoms with Crippen LogP contribution in [-0.2, 0) is 11.3 Å². The van der Waals surface area contributed by atoms with Crippen molar-refractivity contribution in [3.05, 3.63) is 35.9 Å². The summed E-state index contributed by atoms with van der Waals surface area (Å²) in [4.78, 5) is 17.1. The van der Waals surface area contributed by atoms with Crippen LogP contribution in [0.3, 0.4) is 0 Å². The summed E-state index contributed by atoms with van der Waals surface area (Å²) in [7, 11) is 0. The monoisotopic (exact) mass is 360 g/mol. The molecular weight excluding hydrogens is 328 g/mol. The number of hydrogen-bond donors (Lipinski definition) is 1. The van der Waals surface area contributed by atoms with Gasteiger partial charge in [0, 0.05) is 19.1 Å². The second kappa shape index (κ2) is 7.57. The Morgan fingerprint density at radius 1 is 1.27 bits per heavy atom. The van der Waals surface area contributed by atoms with E-state index in [1.807, 2.05) is 50.8 Å². The smallest absolute Gasteiger partial charge is 0.410 e. The largest absolute Gasteiger partial charge is 0.444 e. The molecule has 0 radical (unpaired) electrons. The van der Waals surface area contributed by atoms with Crippen LogP contribution in [0, 0.1) is 0 Å². The molecule has 1 amide bonds. The van der Waals surface area contributed by atoms with E-state index in [2.05, 4.69) is 17.0 Å². The Morgan fingerprint density at radius 3 is 2.58 bits per heavy atom. The number of aliphatic hydroxyl groups excluding tert-OH is 1. The Labute approximate surface area is 156 Å². The van der Waals surface area contributed by atoms with Crippen molar-refractivity contribution in [1.82, 2.24) is 9.80 Å². The molecule has 2 heterocycles. The first-order chi connectivity index (χ1) is 12.3. The zero-order valence-electron chi connectivity index (χ0n) is 16.4. The molecule has 5 heteroatoms. The number of amides is 1. The first-order valence-corrected chi connectivity index (χ1v) is 9.77. The lowest BCUT2D eigenvalue weighted by Gasteiger charge is -2.48. The van der Waals surface area contributed by atoms with E-state index >= 15 is 0 Å². The third kappa shape index (κ3) is 4.04. The van der Waals surface area contributed by atoms with Crippen molar-refractivity contribution in [2.75, 3.05) is 6.54 Å². The van der Waals surface area contributed by atoms with Gasteiger partial charge in [0.1, 0.15) is 5.60 Å². The zero-order valence-corrected chi connectivity index (χ0v) is 16.4. The fourth-order valence-electron chi connectivity index (χ4n) is 4.39. The maximum Gasteiger partial charge on any atom is 0.410 e. The van der Waals surface area contributed by atoms with Crippen molar-refractivity contribution < 1.29 is 14.6 Å². The van der Waals surface area contributed by atoms with E-state index in [9.17, 15) is 9.90 Å². The average Bonchev–Trinajstić information content (AvgIpc) is 2.89. The lowest BCUT2D eigenvalue weighted by Crippen LogP contribution is -2.64. The van der Waals surface area contributed by atoms with E-state index in [4.69, 9.17) is 4.74 Å². The molecule has 1 aromatic rings. The van der Waals surface area contributed by atoms with Gasteiger partial charge in [-0.05, 0) is 45.6 Å². The van der Waals surface area contributed by atoms with Gasteiger partial charge in [0.15, 0.2) is 0 Å². The first kappa shape index (κ1) is 19.2. The molecule has 2 bridgehead atoms. The summed E-state index contributed by atoms with van der Waals surface area (Å²) in [6, 6.07) is 10.5. The molecule has 0 saturated carbocycles. The summed E-state index contributed by atoms with van der Waals surface area (Å²) >= 11 is 0. The minimum atomic E-state index is -0.503. The number of benzene rings is 1. The summed E-state index contributed by atoms with van der Waals surface area (Å²) in [5, 5.41) is 10.8. The van der Waals surface area contributed by atoms with Gasteiger partial charge < -0.3 is 9.84 Å². The van der Waals surface area contributed by atoms with E-state index in [0.717, 1.165) is 25.9 Å². The SMILES string of the molecule is CC[C@H](O)[C@@H]1[C@@H]2CCC(CN1Cc1ccccc1)N2C(=O)OC(C)(C)C. The molecule has 1 N–H and O–H groups in total. The summed E-state index contributed by atoms with van der Waals surface area (Å²) in [5.41, 5.74) is 0.738. The van der Waals surface area contributed by atoms with Crippen LogP contribution in [0.15, 0.2) is 30.3 Å². The summed E-state index contributed by atoms with van der Waals surface area (Å²) in [5.74, 6) is 0. The Kier molecular flexibility index (Phi) is 5.58. The van der Waals surface area contributed by atoms with Crippen LogP contribution in [-0.4, -0.2) is 57.4 Å². The highest BCUT2D eigenvalue weighted by Crippen LogP contribution is 2.37. The number of nitrogens with zero attached hydrogens (tertiary/aromatic N) is 2. The Balaban J connectivity index is 1.82. The van der Waals surface area contributed by atoms with Gasteiger partial charge in [0.05, 0.1) is 18.2 Å². The second-order valence-electron chi connectivity index (χ2n) is 8.57. The Bertz CT molecular complexity index is 613. The molecule has 0 spiro atoms. The Morgan fingerprint density at radius 2 is 1.96 bits per heavy atom. The van der Waals surface area contributed by atoms with E-state index < -0.39 is 11.7 Å². The van der Waals surface area contributed by atoms with Crippen LogP contribution in [0.4, 0.5) is 4.79 Å². The first-order valence-electron chi connectivity index (χ1n) is 9.77. The number of carbonyl (C=O) groups excluding carboxylic acids is 1. The van der Waals surface area contributed by atoms with Crippen LogP contribution < -0.4 is 0 Å². The maximum absolute atomic E-state index is 12.8. The highest BCUT2D eigenvalue weighted by molar-refractivity contribution is 5.70. The number of rotatable bonds is 4. The molecule has 26 heavy (non-hydrogen) atoms. The van der Waals surface area contributed by atoms with Crippen molar-refractivity contribution in [3.63, 3.8) is 0 Å². The molecule has 2 saturated heterocycles. The van der Waals surface area contributed by atoms with E-state index in [1.54, 1.807) is 0 Å². The molecule has 2 aliphatic heterocycles. The highest BCUT2D eigenvalue weighted by atomic mass is 16.6. The maximum atomic E-state index is 12.8. The minimum Gasteiger partial charge on any atom is -0.444 e. The third-order valence-electron chi connectivity index (χ3n) is 5.45. The van der Waals surface area contributed by atoms with Gasteiger partial charge in [-0.3, -0.25) is 9.80 Å². The van der Waals surface area contributed by atoms with Crippen molar-refractivity contribution in [2.45, 2.75) is 83.3 Å². The number of aliphatic hydroxyl groups is 1. The molecular formula is C21H32N2O3. The van der Waals surface area contributed by atoms with Gasteiger partial charge in [-0.25, -0.2) is 4.79 Å². The normalized spacial score (nSPS) is 27.4. The van der Waals surface area contributed by atoms with Crippen LogP contribution in [0.25, 0.3) is 0 Å². The minimum absolute atomic E-state index is 0.0160. The van der Waals surface area contributed by atoms with Gasteiger partial charge in [0.2, 0.25) is 0 Å². The molecule has 0 aliphatic carbocycles. The van der Waals surface area contributed by atoms with Crippen molar-refractivity contribution >= 4 is 6.09 Å². The highest BCUT2D eigenvalue weighted by Gasteiger charge is 2.51. The van der Waals surface area contributed by atoms with Crippen LogP contribution in [0.2, 0.25) is 0 Å². The number of ether oxygens (including phenoxy) is 1. The van der Waals surface area contributed by atoms with E-state index in [0.29, 0.717) is 6.42 Å². The third-order valence-corrected chi connectivity index (χ3v) is 5.45. The lowest BCUT2D eigenvalue weighted by molar-refractivity contribution is -0.0584. The van der Waals surface area contributed by atoms with Gasteiger partial charge in [-0.1, -0.05) is 37.3 Å². The van der Waals surface area contributed by atoms with E-state index in [-0.39, 0.29) is 24.2 Å². The average molecular weight is 360 g/mol. The van der Waals surface area contributed by atoms with Gasteiger partial charge >= 0.3 is 6.09 Å². The predicted octanol–water partition coefficient (Wildman–Crippen LogP) is 3.41. The number of piperazine rings is 1. The van der Waals surface area contributed by atoms with Gasteiger partial charge in [-0.15, -0.1) is 0 Å². The number of fused-ring (bicyclic) bond motifs is 2. The van der Waals surface area contributed by atoms with Crippen LogP contribution >= 0.6 is 0 Å². The van der Waals surface area contributed by atoms with Crippen LogP contribution in [0.1, 0.15) is 52.5 Å². The topological polar surface area (TPSA) is 53.0 Å².